The van der Waals surface area contributed by atoms with Crippen molar-refractivity contribution in [1.82, 2.24) is 30.2 Å². The smallest absolute Gasteiger partial charge is 0.481 e. The Labute approximate surface area is 422 Å². The lowest BCUT2D eigenvalue weighted by Crippen LogP contribution is -2.46. The molecule has 0 radical (unpaired) electrons. The number of allylic oxidation sites excluding steroid dienone is 6. The highest BCUT2D eigenvalue weighted by molar-refractivity contribution is 8.14. The van der Waals surface area contributed by atoms with E-state index in [1.165, 1.54) is 19.9 Å². The number of carboxylic acids is 1. The quantitative estimate of drug-likeness (QED) is 0.0159. The van der Waals surface area contributed by atoms with Crippen molar-refractivity contribution in [2.24, 2.45) is 5.41 Å². The van der Waals surface area contributed by atoms with Crippen molar-refractivity contribution in [3.05, 3.63) is 73.4 Å². The molecule has 0 aromatic carbocycles. The number of unbranched alkanes of at least 4 members (excludes halogenated alkanes) is 1. The van der Waals surface area contributed by atoms with E-state index >= 15 is 0 Å². The number of hydrogen-bond donors (Lipinski definition) is 12. The fourth-order valence-electron chi connectivity index (χ4n) is 6.21. The Morgan fingerprint density at radius 1 is 0.904 bits per heavy atom. The molecule has 73 heavy (non-hydrogen) atoms. The van der Waals surface area contributed by atoms with Gasteiger partial charge in [0.05, 0.1) is 31.7 Å². The monoisotopic (exact) mass is 1110 g/mol. The number of imidazole rings is 1. The lowest BCUT2D eigenvalue weighted by Gasteiger charge is -2.30. The van der Waals surface area contributed by atoms with E-state index in [0.717, 1.165) is 29.0 Å². The summed E-state index contributed by atoms with van der Waals surface area (Å²) < 4.78 is 62.4. The summed E-state index contributed by atoms with van der Waals surface area (Å²) in [5, 5.41) is 54.7. The number of aliphatic hydroxyl groups excluding tert-OH is 4. The number of nitrogen functional groups attached to an aromatic ring is 1. The number of carbonyl (C=O) groups is 4. The van der Waals surface area contributed by atoms with Gasteiger partial charge in [-0.25, -0.2) is 28.6 Å². The molecular weight excluding hydrogens is 1050 g/mol. The van der Waals surface area contributed by atoms with Crippen LogP contribution in [0.5, 0.6) is 0 Å². The van der Waals surface area contributed by atoms with Crippen LogP contribution in [0.4, 0.5) is 5.82 Å². The number of fused-ring (bicyclic) bond motifs is 1. The molecular formula is C41H62N7O21P3S. The molecule has 1 saturated heterocycles. The van der Waals surface area contributed by atoms with Gasteiger partial charge in [-0.05, 0) is 38.2 Å². The lowest BCUT2D eigenvalue weighted by atomic mass is 9.87. The number of thioether (sulfide) groups is 1. The summed E-state index contributed by atoms with van der Waals surface area (Å²) in [4.78, 5) is 98.8. The molecule has 28 nitrogen and oxygen atoms in total. The van der Waals surface area contributed by atoms with Gasteiger partial charge in [-0.15, -0.1) is 0 Å². The summed E-state index contributed by atoms with van der Waals surface area (Å²) >= 11 is 0.973. The van der Waals surface area contributed by atoms with Crippen LogP contribution in [-0.2, 0) is 55.5 Å². The average molecular weight is 1110 g/mol. The van der Waals surface area contributed by atoms with Gasteiger partial charge in [-0.2, -0.15) is 4.31 Å². The van der Waals surface area contributed by atoms with Gasteiger partial charge in [-0.3, -0.25) is 37.3 Å². The number of aliphatic hydroxyl groups is 4. The molecule has 408 valence electrons. The molecule has 13 N–H and O–H groups in total. The molecule has 0 aliphatic carbocycles. The van der Waals surface area contributed by atoms with Crippen LogP contribution < -0.4 is 16.4 Å². The van der Waals surface area contributed by atoms with Gasteiger partial charge >= 0.3 is 29.4 Å². The summed E-state index contributed by atoms with van der Waals surface area (Å²) in [5.74, 6) is -2.20. The Morgan fingerprint density at radius 2 is 1.58 bits per heavy atom. The number of rotatable bonds is 33. The highest BCUT2D eigenvalue weighted by Gasteiger charge is 2.50. The number of aliphatic carboxylic acids is 1. The molecule has 9 atom stereocenters. The molecule has 9 unspecified atom stereocenters. The SMILES string of the molecule is CC(C)(COP(=O)(O)OP(=O)(O)OCC1OC(n2cnc3c(N)ncnc32)C(O)C1OP(=O)(O)O)C(O)C(=O)NCCC(=O)NCCSC(=O)C=CCCC=CCC(O)C=CC=CC=CC(O)CCCC(=O)O. The third kappa shape index (κ3) is 23.8. The third-order valence-corrected chi connectivity index (χ3v) is 13.9. The maximum Gasteiger partial charge on any atom is 0.481 e. The van der Waals surface area contributed by atoms with Gasteiger partial charge in [0.1, 0.15) is 36.3 Å². The molecule has 1 aliphatic rings. The minimum atomic E-state index is -5.60. The van der Waals surface area contributed by atoms with Crippen LogP contribution in [0.3, 0.4) is 0 Å². The number of hydrogen-bond acceptors (Lipinski definition) is 21. The van der Waals surface area contributed by atoms with E-state index in [4.69, 9.17) is 24.6 Å². The van der Waals surface area contributed by atoms with Gasteiger partial charge in [0, 0.05) is 37.1 Å². The van der Waals surface area contributed by atoms with Gasteiger partial charge in [-0.1, -0.05) is 80.3 Å². The van der Waals surface area contributed by atoms with E-state index in [9.17, 15) is 72.9 Å². The van der Waals surface area contributed by atoms with Crippen molar-refractivity contribution in [2.75, 3.05) is 37.8 Å². The zero-order chi connectivity index (χ0) is 54.4. The standard InChI is InChI=1S/C41H62N7O21P3S/c1-41(2,24-66-72(63,64)69-71(61,62)65-23-29-35(68-70(58,59)60)34(55)40(67-29)48-26-47-33-37(42)45-25-46-38(33)48)36(56)39(57)44-20-19-30(51)43-21-22-73-32(54)18-11-5-3-4-8-13-27(49)14-9-6-7-10-15-28(50)16-12-17-31(52)53/h4,6-11,14-15,18,25-29,34-36,40,49-50,55-56H,3,5,12-13,16-17,19-24H2,1-2H3,(H,43,51)(H,44,57)(H,52,53)(H,61,62)(H,63,64)(H2,42,45,46)(H2,58,59,60). The van der Waals surface area contributed by atoms with Gasteiger partial charge < -0.3 is 66.2 Å². The maximum atomic E-state index is 12.7. The number of phosphoric acid groups is 3. The topological polar surface area (TPSA) is 441 Å². The van der Waals surface area contributed by atoms with Crippen LogP contribution in [0.15, 0.2) is 73.4 Å². The molecule has 0 saturated carbocycles. The number of nitrogens with one attached hydrogen (secondary N) is 2. The number of carboxylic acid groups (broad SMARTS) is 1. The number of anilines is 1. The Hall–Kier alpha value is -4.35. The number of nitrogens with zero attached hydrogens (tertiary/aromatic N) is 4. The van der Waals surface area contributed by atoms with Crippen LogP contribution >= 0.6 is 35.2 Å². The van der Waals surface area contributed by atoms with Crippen molar-refractivity contribution in [1.29, 1.82) is 0 Å². The Morgan fingerprint density at radius 3 is 2.26 bits per heavy atom. The highest BCUT2D eigenvalue weighted by Crippen LogP contribution is 2.61. The first kappa shape index (κ1) is 62.9. The van der Waals surface area contributed by atoms with Gasteiger partial charge in [0.25, 0.3) is 0 Å². The second-order valence-corrected chi connectivity index (χ2v) is 21.8. The molecule has 2 aromatic heterocycles. The van der Waals surface area contributed by atoms with E-state index in [1.54, 1.807) is 42.5 Å². The normalized spacial score (nSPS) is 20.8. The number of nitrogens with two attached hydrogens (primary N) is 1. The molecule has 3 rings (SSSR count). The van der Waals surface area contributed by atoms with Crippen molar-refractivity contribution in [3.8, 4) is 0 Å². The maximum absolute atomic E-state index is 12.7. The van der Waals surface area contributed by atoms with Crippen LogP contribution in [0, 0.1) is 5.41 Å². The predicted octanol–water partition coefficient (Wildman–Crippen LogP) is 1.59. The molecule has 0 spiro atoms. The first-order valence-corrected chi connectivity index (χ1v) is 27.7. The fraction of sp³-hybridized carbons (Fsp3) is 0.537. The largest absolute Gasteiger partial charge is 0.481 e. The summed E-state index contributed by atoms with van der Waals surface area (Å²) in [6, 6.07) is 0. The first-order valence-electron chi connectivity index (χ1n) is 22.2. The molecule has 2 aromatic rings. The van der Waals surface area contributed by atoms with Crippen molar-refractivity contribution in [3.63, 3.8) is 0 Å². The van der Waals surface area contributed by atoms with Crippen LogP contribution in [0.1, 0.15) is 65.0 Å². The highest BCUT2D eigenvalue weighted by atomic mass is 32.2. The summed E-state index contributed by atoms with van der Waals surface area (Å²) in [6.07, 6.45) is 10.4. The third-order valence-electron chi connectivity index (χ3n) is 9.93. The zero-order valence-corrected chi connectivity index (χ0v) is 43.0. The van der Waals surface area contributed by atoms with E-state index < -0.39 is 103 Å². The number of ether oxygens (including phenoxy) is 1. The molecule has 1 fully saturated rings. The molecule has 0 bridgehead atoms. The molecule has 2 amide bonds. The Bertz CT molecular complexity index is 2450. The number of amides is 2. The molecule has 1 aliphatic heterocycles. The second kappa shape index (κ2) is 30.3. The van der Waals surface area contributed by atoms with Crippen LogP contribution in [-0.4, -0.2) is 156 Å². The molecule has 32 heteroatoms. The number of aromatic nitrogens is 4. The number of phosphoric ester groups is 3. The van der Waals surface area contributed by atoms with E-state index in [2.05, 4.69) is 34.4 Å². The minimum absolute atomic E-state index is 0.00152. The van der Waals surface area contributed by atoms with Crippen molar-refractivity contribution in [2.45, 2.75) is 102 Å². The van der Waals surface area contributed by atoms with E-state index in [0.29, 0.717) is 32.1 Å². The summed E-state index contributed by atoms with van der Waals surface area (Å²) in [5.41, 5.74) is 4.21. The van der Waals surface area contributed by atoms with Gasteiger partial charge in [0.2, 0.25) is 16.9 Å². The lowest BCUT2D eigenvalue weighted by molar-refractivity contribution is -0.138. The Kier molecular flexibility index (Phi) is 26.1. The van der Waals surface area contributed by atoms with E-state index in [1.807, 2.05) is 12.2 Å². The minimum Gasteiger partial charge on any atom is -0.481 e. The average Bonchev–Trinajstić information content (AvgIpc) is 3.86. The Balaban J connectivity index is 1.31. The summed E-state index contributed by atoms with van der Waals surface area (Å²) in [6.45, 7) is 0.293. The first-order chi connectivity index (χ1) is 34.2. The van der Waals surface area contributed by atoms with Crippen LogP contribution in [0.25, 0.3) is 11.2 Å². The van der Waals surface area contributed by atoms with E-state index in [-0.39, 0.29) is 53.8 Å². The van der Waals surface area contributed by atoms with Crippen LogP contribution in [0.2, 0.25) is 0 Å². The fourth-order valence-corrected chi connectivity index (χ4v) is 9.63. The molecule has 3 heterocycles. The zero-order valence-electron chi connectivity index (χ0n) is 39.5. The summed E-state index contributed by atoms with van der Waals surface area (Å²) in [7, 11) is -16.5. The van der Waals surface area contributed by atoms with Crippen molar-refractivity contribution >= 4 is 75.1 Å². The number of carbonyl (C=O) groups excluding carboxylic acids is 3. The van der Waals surface area contributed by atoms with Gasteiger partial charge in [0.15, 0.2) is 17.7 Å². The van der Waals surface area contributed by atoms with Crippen molar-refractivity contribution < 1.29 is 101 Å². The second-order valence-electron chi connectivity index (χ2n) is 16.5. The predicted molar refractivity (Wildman–Crippen MR) is 260 cm³/mol.